The maximum absolute atomic E-state index is 11.0. The molecule has 1 heterocycles. The minimum absolute atomic E-state index is 0.00475. The highest BCUT2D eigenvalue weighted by Gasteiger charge is 2.44. The van der Waals surface area contributed by atoms with Gasteiger partial charge in [-0.15, -0.1) is 0 Å². The molecule has 0 amide bonds. The molecule has 0 spiro atoms. The van der Waals surface area contributed by atoms with Crippen molar-refractivity contribution in [3.05, 3.63) is 10.4 Å². The van der Waals surface area contributed by atoms with Crippen molar-refractivity contribution < 1.29 is 19.0 Å². The van der Waals surface area contributed by atoms with Crippen LogP contribution in [-0.2, 0) is 19.0 Å². The summed E-state index contributed by atoms with van der Waals surface area (Å²) in [5.74, 6) is -1.37. The fourth-order valence-corrected chi connectivity index (χ4v) is 2.30. The summed E-state index contributed by atoms with van der Waals surface area (Å²) in [5, 5.41) is 11.3. The van der Waals surface area contributed by atoms with E-state index in [1.54, 1.807) is 0 Å². The number of nitrogens with zero attached hydrogens (tertiary/aromatic N) is 3. The van der Waals surface area contributed by atoms with Crippen molar-refractivity contribution in [1.82, 2.24) is 0 Å². The lowest BCUT2D eigenvalue weighted by molar-refractivity contribution is -0.212. The summed E-state index contributed by atoms with van der Waals surface area (Å²) >= 11 is 16.8. The van der Waals surface area contributed by atoms with Crippen LogP contribution in [0, 0.1) is 17.2 Å². The van der Waals surface area contributed by atoms with Crippen molar-refractivity contribution in [2.45, 2.75) is 43.0 Å². The minimum atomic E-state index is -2.07. The minimum Gasteiger partial charge on any atom is -0.463 e. The predicted molar refractivity (Wildman–Crippen MR) is 85.7 cm³/mol. The number of nitrogens with one attached hydrogen (secondary N) is 1. The predicted octanol–water partition coefficient (Wildman–Crippen LogP) is 3.59. The molecular formula is C12H17Cl3N4O4. The number of hydrogen-bond acceptors (Lipinski definition) is 6. The second-order valence-electron chi connectivity index (χ2n) is 5.20. The molecule has 0 aromatic heterocycles. The monoisotopic (exact) mass is 386 g/mol. The van der Waals surface area contributed by atoms with Gasteiger partial charge in [0, 0.05) is 11.8 Å². The standard InChI is InChI=1S/C12H17Cl3N4O4/c1-5-6(2)9(18-19-17)10(23-11(16)12(13,14)15)22-8(5)4-21-7(3)20/h5-6,8-10,16H,4H2,1-3H3/t5-,6+,8?,9?,10?/m1/s1. The quantitative estimate of drug-likeness (QED) is 0.151. The van der Waals surface area contributed by atoms with Crippen LogP contribution in [0.4, 0.5) is 0 Å². The van der Waals surface area contributed by atoms with Gasteiger partial charge in [-0.3, -0.25) is 10.2 Å². The number of azide groups is 1. The molecule has 1 fully saturated rings. The molecule has 3 unspecified atom stereocenters. The Morgan fingerprint density at radius 2 is 2.00 bits per heavy atom. The fraction of sp³-hybridized carbons (Fsp3) is 0.833. The largest absolute Gasteiger partial charge is 0.463 e. The Balaban J connectivity index is 2.94. The molecule has 0 bridgehead atoms. The first-order valence-electron chi connectivity index (χ1n) is 6.73. The van der Waals surface area contributed by atoms with Gasteiger partial charge >= 0.3 is 5.97 Å². The van der Waals surface area contributed by atoms with E-state index in [-0.39, 0.29) is 18.4 Å². The van der Waals surface area contributed by atoms with Gasteiger partial charge in [0.2, 0.25) is 12.2 Å². The second kappa shape index (κ2) is 8.26. The Morgan fingerprint density at radius 3 is 2.48 bits per heavy atom. The molecule has 0 aromatic rings. The third kappa shape index (κ3) is 5.58. The lowest BCUT2D eigenvalue weighted by atomic mass is 9.82. The van der Waals surface area contributed by atoms with E-state index < -0.39 is 34.1 Å². The molecule has 0 saturated carbocycles. The molecule has 23 heavy (non-hydrogen) atoms. The zero-order valence-electron chi connectivity index (χ0n) is 12.7. The van der Waals surface area contributed by atoms with Crippen LogP contribution in [0.15, 0.2) is 5.11 Å². The SMILES string of the molecule is CC(=O)OCC1OC(OC(=N)C(Cl)(Cl)Cl)C(N=[N+]=[N-])[C@@H](C)[C@H]1C. The maximum Gasteiger partial charge on any atom is 0.302 e. The van der Waals surface area contributed by atoms with E-state index in [0.717, 1.165) is 0 Å². The summed E-state index contributed by atoms with van der Waals surface area (Å²) in [6.07, 6.45) is -1.63. The average molecular weight is 388 g/mol. The summed E-state index contributed by atoms with van der Waals surface area (Å²) in [7, 11) is 0. The number of carbonyl (C=O) groups is 1. The van der Waals surface area contributed by atoms with Gasteiger partial charge < -0.3 is 14.2 Å². The van der Waals surface area contributed by atoms with Crippen LogP contribution in [0.5, 0.6) is 0 Å². The van der Waals surface area contributed by atoms with Gasteiger partial charge in [-0.2, -0.15) is 0 Å². The first-order valence-corrected chi connectivity index (χ1v) is 7.86. The van der Waals surface area contributed by atoms with Gasteiger partial charge in [0.05, 0.1) is 6.10 Å². The summed E-state index contributed by atoms with van der Waals surface area (Å²) in [6.45, 7) is 4.99. The topological polar surface area (TPSA) is 117 Å². The van der Waals surface area contributed by atoms with E-state index in [0.29, 0.717) is 0 Å². The van der Waals surface area contributed by atoms with Crippen LogP contribution in [0.1, 0.15) is 20.8 Å². The third-order valence-corrected chi connectivity index (χ3v) is 4.18. The van der Waals surface area contributed by atoms with E-state index in [9.17, 15) is 4.79 Å². The Hall–Kier alpha value is -0.920. The van der Waals surface area contributed by atoms with Crippen LogP contribution >= 0.6 is 34.8 Å². The smallest absolute Gasteiger partial charge is 0.302 e. The summed E-state index contributed by atoms with van der Waals surface area (Å²) in [6, 6.07) is -0.726. The van der Waals surface area contributed by atoms with Crippen LogP contribution in [0.2, 0.25) is 0 Å². The molecule has 8 nitrogen and oxygen atoms in total. The van der Waals surface area contributed by atoms with Crippen molar-refractivity contribution in [3.8, 4) is 0 Å². The molecule has 11 heteroatoms. The van der Waals surface area contributed by atoms with Crippen LogP contribution in [-0.4, -0.2) is 40.7 Å². The Bertz CT molecular complexity index is 507. The van der Waals surface area contributed by atoms with E-state index in [2.05, 4.69) is 10.0 Å². The summed E-state index contributed by atoms with van der Waals surface area (Å²) in [4.78, 5) is 13.7. The molecule has 0 aromatic carbocycles. The third-order valence-electron chi connectivity index (χ3n) is 3.67. The van der Waals surface area contributed by atoms with E-state index >= 15 is 0 Å². The molecular weight excluding hydrogens is 371 g/mol. The van der Waals surface area contributed by atoms with Crippen molar-refractivity contribution in [2.75, 3.05) is 6.61 Å². The highest BCUT2D eigenvalue weighted by atomic mass is 35.6. The highest BCUT2D eigenvalue weighted by molar-refractivity contribution is 6.76. The molecule has 1 aliphatic rings. The van der Waals surface area contributed by atoms with Crippen molar-refractivity contribution in [2.24, 2.45) is 17.0 Å². The van der Waals surface area contributed by atoms with Gasteiger partial charge in [-0.05, 0) is 17.4 Å². The lowest BCUT2D eigenvalue weighted by Crippen LogP contribution is -2.52. The molecule has 1 rings (SSSR count). The Labute approximate surface area is 148 Å². The normalized spacial score (nSPS) is 31.0. The summed E-state index contributed by atoms with van der Waals surface area (Å²) < 4.78 is 13.8. The van der Waals surface area contributed by atoms with Crippen molar-refractivity contribution in [1.29, 1.82) is 5.41 Å². The van der Waals surface area contributed by atoms with Crippen LogP contribution < -0.4 is 0 Å². The molecule has 0 radical (unpaired) electrons. The number of rotatable bonds is 4. The molecule has 5 atom stereocenters. The average Bonchev–Trinajstić information content (AvgIpc) is 2.44. The van der Waals surface area contributed by atoms with Crippen LogP contribution in [0.25, 0.3) is 10.4 Å². The molecule has 0 aliphatic carbocycles. The van der Waals surface area contributed by atoms with E-state index in [1.165, 1.54) is 6.92 Å². The Kier molecular flexibility index (Phi) is 7.23. The van der Waals surface area contributed by atoms with Crippen molar-refractivity contribution >= 4 is 46.7 Å². The fourth-order valence-electron chi connectivity index (χ4n) is 2.16. The molecule has 1 N–H and O–H groups in total. The number of ether oxygens (including phenoxy) is 3. The lowest BCUT2D eigenvalue weighted by Gasteiger charge is -2.42. The highest BCUT2D eigenvalue weighted by Crippen LogP contribution is 2.36. The number of alkyl halides is 3. The van der Waals surface area contributed by atoms with Crippen molar-refractivity contribution in [3.63, 3.8) is 0 Å². The first-order chi connectivity index (χ1) is 10.6. The Morgan fingerprint density at radius 1 is 1.39 bits per heavy atom. The molecule has 130 valence electrons. The van der Waals surface area contributed by atoms with Crippen LogP contribution in [0.3, 0.4) is 0 Å². The maximum atomic E-state index is 11.0. The van der Waals surface area contributed by atoms with Gasteiger partial charge in [-0.25, -0.2) is 0 Å². The number of hydrogen-bond donors (Lipinski definition) is 1. The van der Waals surface area contributed by atoms with Gasteiger partial charge in [-0.1, -0.05) is 53.8 Å². The molecule has 1 saturated heterocycles. The second-order valence-corrected chi connectivity index (χ2v) is 7.49. The number of halogens is 3. The summed E-state index contributed by atoms with van der Waals surface area (Å²) in [5.41, 5.74) is 8.72. The van der Waals surface area contributed by atoms with E-state index in [4.69, 9.17) is 60.0 Å². The first kappa shape index (κ1) is 20.1. The zero-order valence-corrected chi connectivity index (χ0v) is 15.0. The number of carbonyl (C=O) groups excluding carboxylic acids is 1. The van der Waals surface area contributed by atoms with Gasteiger partial charge in [0.15, 0.2) is 0 Å². The molecule has 1 aliphatic heterocycles. The van der Waals surface area contributed by atoms with Gasteiger partial charge in [0.25, 0.3) is 3.79 Å². The van der Waals surface area contributed by atoms with E-state index in [1.807, 2.05) is 13.8 Å². The zero-order chi connectivity index (χ0) is 17.8. The van der Waals surface area contributed by atoms with Gasteiger partial charge in [0.1, 0.15) is 12.6 Å². The number of esters is 1.